The van der Waals surface area contributed by atoms with Crippen LogP contribution in [-0.2, 0) is 16.4 Å². The molecule has 38 heavy (non-hydrogen) atoms. The lowest BCUT2D eigenvalue weighted by Crippen LogP contribution is -2.67. The van der Waals surface area contributed by atoms with Crippen molar-refractivity contribution in [1.82, 2.24) is 9.38 Å². The first-order valence-electron chi connectivity index (χ1n) is 14.6. The summed E-state index contributed by atoms with van der Waals surface area (Å²) in [6.45, 7) is 18.3. The molecule has 0 radical (unpaired) electrons. The monoisotopic (exact) mass is 503 g/mol. The summed E-state index contributed by atoms with van der Waals surface area (Å²) in [5, 5.41) is 11.3. The molecule has 0 saturated heterocycles. The summed E-state index contributed by atoms with van der Waals surface area (Å²) in [4.78, 5) is 5.36. The predicted octanol–water partition coefficient (Wildman–Crippen LogP) is 7.82. The highest BCUT2D eigenvalue weighted by atomic mass is 15.2. The first-order valence-corrected chi connectivity index (χ1v) is 14.6. The highest BCUT2D eigenvalue weighted by Gasteiger charge is 2.57. The van der Waals surface area contributed by atoms with Crippen LogP contribution in [0.2, 0.25) is 0 Å². The van der Waals surface area contributed by atoms with Crippen LogP contribution in [0.3, 0.4) is 0 Å². The molecule has 1 fully saturated rings. The number of rotatable bonds is 3. The third-order valence-corrected chi connectivity index (χ3v) is 10.8. The van der Waals surface area contributed by atoms with E-state index in [0.717, 1.165) is 29.6 Å². The first-order chi connectivity index (χ1) is 18.1. The number of hydrogen-bond acceptors (Lipinski definition) is 2. The molecule has 4 heteroatoms. The van der Waals surface area contributed by atoms with Gasteiger partial charge in [-0.05, 0) is 91.3 Å². The van der Waals surface area contributed by atoms with Gasteiger partial charge in [-0.15, -0.1) is 0 Å². The molecule has 0 N–H and O–H groups in total. The average Bonchev–Trinajstić information content (AvgIpc) is 3.26. The zero-order valence-corrected chi connectivity index (χ0v) is 23.8. The summed E-state index contributed by atoms with van der Waals surface area (Å²) in [7, 11) is 0. The van der Waals surface area contributed by atoms with Crippen LogP contribution in [0.4, 0.5) is 0 Å². The van der Waals surface area contributed by atoms with Crippen molar-refractivity contribution in [2.24, 2.45) is 0 Å². The topological polar surface area (TPSA) is 45.0 Å². The maximum Gasteiger partial charge on any atom is 0.299 e. The lowest BCUT2D eigenvalue weighted by atomic mass is 9.61. The van der Waals surface area contributed by atoms with Crippen LogP contribution in [0, 0.1) is 11.3 Å². The molecular weight excluding hydrogens is 464 g/mol. The highest BCUT2D eigenvalue weighted by molar-refractivity contribution is 6.00. The van der Waals surface area contributed by atoms with Gasteiger partial charge in [-0.25, -0.2) is 9.55 Å². The number of fused-ring (bicyclic) bond motifs is 5. The third-order valence-electron chi connectivity index (χ3n) is 10.8. The van der Waals surface area contributed by atoms with Gasteiger partial charge in [0.05, 0.1) is 10.9 Å². The fraction of sp³-hybridized carbons (Fsp3) is 0.500. The third kappa shape index (κ3) is 2.56. The second-order valence-corrected chi connectivity index (χ2v) is 13.4. The Kier molecular flexibility index (Phi) is 4.70. The summed E-state index contributed by atoms with van der Waals surface area (Å²) in [5.41, 5.74) is 8.98. The van der Waals surface area contributed by atoms with E-state index in [1.807, 2.05) is 6.07 Å². The quantitative estimate of drug-likeness (QED) is 0.211. The molecule has 0 spiro atoms. The van der Waals surface area contributed by atoms with Crippen molar-refractivity contribution in [3.8, 4) is 6.07 Å². The van der Waals surface area contributed by atoms with Crippen molar-refractivity contribution >= 4 is 27.6 Å². The fourth-order valence-electron chi connectivity index (χ4n) is 8.69. The van der Waals surface area contributed by atoms with Crippen molar-refractivity contribution in [1.29, 1.82) is 5.26 Å². The van der Waals surface area contributed by atoms with E-state index in [9.17, 15) is 5.26 Å². The maximum atomic E-state index is 10.2. The first kappa shape index (κ1) is 23.9. The molecule has 4 aromatic rings. The van der Waals surface area contributed by atoms with Gasteiger partial charge in [0.1, 0.15) is 17.1 Å². The van der Waals surface area contributed by atoms with Gasteiger partial charge in [-0.2, -0.15) is 9.66 Å². The number of nitriles is 1. The molecule has 4 aliphatic rings. The normalized spacial score (nSPS) is 27.8. The van der Waals surface area contributed by atoms with E-state index >= 15 is 0 Å². The van der Waals surface area contributed by atoms with Crippen molar-refractivity contribution < 1.29 is 4.57 Å². The molecule has 1 aliphatic heterocycles. The Labute approximate surface area is 226 Å². The molecule has 2 atom stereocenters. The summed E-state index contributed by atoms with van der Waals surface area (Å²) in [6, 6.07) is 11.8. The van der Waals surface area contributed by atoms with Crippen LogP contribution in [0.15, 0.2) is 36.9 Å². The average molecular weight is 504 g/mol. The van der Waals surface area contributed by atoms with Crippen LogP contribution in [-0.4, -0.2) is 9.38 Å². The van der Waals surface area contributed by atoms with Gasteiger partial charge >= 0.3 is 0 Å². The molecule has 8 rings (SSSR count). The minimum absolute atomic E-state index is 0.192. The number of allylic oxidation sites excluding steroid dienone is 1. The van der Waals surface area contributed by atoms with Gasteiger partial charge in [-0.3, -0.25) is 0 Å². The van der Waals surface area contributed by atoms with Crippen LogP contribution < -0.4 is 4.57 Å². The zero-order valence-electron chi connectivity index (χ0n) is 23.8. The molecule has 0 amide bonds. The summed E-state index contributed by atoms with van der Waals surface area (Å²) >= 11 is 0. The number of benzene rings is 2. The minimum atomic E-state index is -0.304. The van der Waals surface area contributed by atoms with E-state index in [2.05, 4.69) is 87.4 Å². The number of aromatic nitrogens is 3. The number of nitrogens with zero attached hydrogens (tertiary/aromatic N) is 4. The molecule has 2 bridgehead atoms. The Morgan fingerprint density at radius 2 is 1.76 bits per heavy atom. The summed E-state index contributed by atoms with van der Waals surface area (Å²) < 4.78 is 5.10. The minimum Gasteiger partial charge on any atom is -0.212 e. The lowest BCUT2D eigenvalue weighted by molar-refractivity contribution is -0.719. The van der Waals surface area contributed by atoms with E-state index in [-0.39, 0.29) is 16.4 Å². The Bertz CT molecular complexity index is 1730. The largest absolute Gasteiger partial charge is 0.299 e. The molecule has 3 heterocycles. The Morgan fingerprint density at radius 3 is 2.32 bits per heavy atom. The van der Waals surface area contributed by atoms with Gasteiger partial charge < -0.3 is 0 Å². The Hall–Kier alpha value is -3.19. The molecule has 2 unspecified atom stereocenters. The summed E-state index contributed by atoms with van der Waals surface area (Å²) in [5.74, 6) is 2.37. The number of imidazole rings is 1. The smallest absolute Gasteiger partial charge is 0.212 e. The van der Waals surface area contributed by atoms with E-state index in [0.29, 0.717) is 17.4 Å². The van der Waals surface area contributed by atoms with Crippen LogP contribution in [0.5, 0.6) is 0 Å². The Balaban J connectivity index is 1.83. The van der Waals surface area contributed by atoms with Crippen molar-refractivity contribution in [3.63, 3.8) is 0 Å². The molecular formula is C34H39N4+. The molecule has 194 valence electrons. The van der Waals surface area contributed by atoms with Gasteiger partial charge in [0.2, 0.25) is 5.82 Å². The van der Waals surface area contributed by atoms with Gasteiger partial charge in [0, 0.05) is 10.8 Å². The molecule has 1 saturated carbocycles. The predicted molar refractivity (Wildman–Crippen MR) is 154 cm³/mol. The van der Waals surface area contributed by atoms with Crippen LogP contribution in [0.25, 0.3) is 27.6 Å². The fourth-order valence-corrected chi connectivity index (χ4v) is 8.69. The second-order valence-electron chi connectivity index (χ2n) is 13.4. The number of hydrogen-bond donors (Lipinski definition) is 0. The molecule has 2 aromatic heterocycles. The molecule has 3 aliphatic carbocycles. The van der Waals surface area contributed by atoms with E-state index < -0.39 is 0 Å². The van der Waals surface area contributed by atoms with Gasteiger partial charge in [0.25, 0.3) is 5.65 Å². The highest BCUT2D eigenvalue weighted by Crippen LogP contribution is 2.54. The van der Waals surface area contributed by atoms with E-state index in [1.54, 1.807) is 11.1 Å². The molecule has 4 nitrogen and oxygen atoms in total. The Morgan fingerprint density at radius 1 is 1.11 bits per heavy atom. The van der Waals surface area contributed by atoms with Gasteiger partial charge in [-0.1, -0.05) is 54.2 Å². The van der Waals surface area contributed by atoms with E-state index in [4.69, 9.17) is 4.98 Å². The SMILES string of the molecule is C=CC1(CC)[n+]2c3cc4c(cc3n3c(C(C)(C)C)nc5c(C#N)ccc(c5c32)C1(C)CC)C1CCC4CC1. The summed E-state index contributed by atoms with van der Waals surface area (Å²) in [6.07, 6.45) is 9.40. The van der Waals surface area contributed by atoms with Crippen molar-refractivity contribution in [2.75, 3.05) is 0 Å². The lowest BCUT2D eigenvalue weighted by Gasteiger charge is -2.47. The van der Waals surface area contributed by atoms with Crippen LogP contribution in [0.1, 0.15) is 120 Å². The second kappa shape index (κ2) is 7.47. The van der Waals surface area contributed by atoms with Crippen LogP contribution >= 0.6 is 0 Å². The van der Waals surface area contributed by atoms with Gasteiger partial charge in [0.15, 0.2) is 11.0 Å². The standard InChI is InChI=1S/C34H39N4/c1-8-33(7)25-16-15-22(19-35)29-28(25)30-37(31(36-29)32(4,5)6)26-17-23-20-11-13-21(14-12-20)24(23)18-27(26)38(30)34(33,9-2)10-3/h9,15-18,20-21H,2,8,10-14H2,1,3-7H3/q+1. The maximum absolute atomic E-state index is 10.2. The van der Waals surface area contributed by atoms with Crippen molar-refractivity contribution in [2.45, 2.75) is 108 Å². The molecule has 2 aromatic carbocycles. The van der Waals surface area contributed by atoms with E-state index in [1.165, 1.54) is 47.9 Å². The zero-order chi connectivity index (χ0) is 26.8. The van der Waals surface area contributed by atoms with Crippen molar-refractivity contribution in [3.05, 3.63) is 65.0 Å².